The van der Waals surface area contributed by atoms with Crippen molar-refractivity contribution in [2.24, 2.45) is 0 Å². The highest BCUT2D eigenvalue weighted by Crippen LogP contribution is 2.34. The predicted molar refractivity (Wildman–Crippen MR) is 101 cm³/mol. The zero-order valence-corrected chi connectivity index (χ0v) is 15.8. The third kappa shape index (κ3) is 3.80. The Kier molecular flexibility index (Phi) is 5.00. The standard InChI is InChI=1S/C17H14BrN3O3S/c1-9-14(24-2)16(20-11-5-3-10(4-6-11)17(22)23)21-15(19-9)12-7-8-13(18)25-12/h3-8H,1-2H3,(H,22,23)(H,19,20,21). The number of aromatic carboxylic acids is 1. The molecule has 2 N–H and O–H groups in total. The first kappa shape index (κ1) is 17.4. The minimum Gasteiger partial charge on any atom is -0.491 e. The number of halogens is 1. The van der Waals surface area contributed by atoms with Crippen LogP contribution in [0.15, 0.2) is 40.2 Å². The number of ether oxygens (including phenoxy) is 1. The molecule has 0 saturated carbocycles. The fourth-order valence-corrected chi connectivity index (χ4v) is 3.59. The number of hydrogen-bond donors (Lipinski definition) is 2. The van der Waals surface area contributed by atoms with Crippen LogP contribution in [0.5, 0.6) is 5.75 Å². The molecule has 2 aromatic heterocycles. The summed E-state index contributed by atoms with van der Waals surface area (Å²) in [6.45, 7) is 1.85. The maximum Gasteiger partial charge on any atom is 0.335 e. The molecule has 128 valence electrons. The van der Waals surface area contributed by atoms with Crippen molar-refractivity contribution < 1.29 is 14.6 Å². The van der Waals surface area contributed by atoms with E-state index < -0.39 is 5.97 Å². The molecule has 25 heavy (non-hydrogen) atoms. The maximum absolute atomic E-state index is 11.0. The SMILES string of the molecule is COc1c(C)nc(-c2ccc(Br)s2)nc1Nc1ccc(C(=O)O)cc1. The molecule has 0 unspecified atom stereocenters. The summed E-state index contributed by atoms with van der Waals surface area (Å²) in [7, 11) is 1.56. The van der Waals surface area contributed by atoms with E-state index in [-0.39, 0.29) is 5.56 Å². The number of nitrogens with one attached hydrogen (secondary N) is 1. The number of hydrogen-bond acceptors (Lipinski definition) is 6. The van der Waals surface area contributed by atoms with Crippen LogP contribution in [0.25, 0.3) is 10.7 Å². The first-order valence-corrected chi connectivity index (χ1v) is 8.87. The van der Waals surface area contributed by atoms with E-state index in [9.17, 15) is 4.79 Å². The molecule has 0 aliphatic heterocycles. The van der Waals surface area contributed by atoms with Gasteiger partial charge in [0.25, 0.3) is 0 Å². The number of methoxy groups -OCH3 is 1. The van der Waals surface area contributed by atoms with Crippen molar-refractivity contribution in [1.29, 1.82) is 0 Å². The molecular formula is C17H14BrN3O3S. The lowest BCUT2D eigenvalue weighted by atomic mass is 10.2. The average Bonchev–Trinajstić information content (AvgIpc) is 3.01. The van der Waals surface area contributed by atoms with E-state index in [1.807, 2.05) is 19.1 Å². The molecule has 0 fully saturated rings. The summed E-state index contributed by atoms with van der Waals surface area (Å²) >= 11 is 4.98. The largest absolute Gasteiger partial charge is 0.491 e. The number of anilines is 2. The predicted octanol–water partition coefficient (Wildman–Crippen LogP) is 4.73. The Bertz CT molecular complexity index is 925. The molecule has 0 radical (unpaired) electrons. The van der Waals surface area contributed by atoms with Crippen LogP contribution in [-0.4, -0.2) is 28.2 Å². The van der Waals surface area contributed by atoms with Crippen LogP contribution in [0.1, 0.15) is 16.1 Å². The molecule has 0 saturated heterocycles. The number of rotatable bonds is 5. The van der Waals surface area contributed by atoms with Crippen LogP contribution in [0.3, 0.4) is 0 Å². The maximum atomic E-state index is 11.0. The van der Waals surface area contributed by atoms with Crippen LogP contribution in [0, 0.1) is 6.92 Å². The Morgan fingerprint density at radius 3 is 2.48 bits per heavy atom. The number of nitrogens with zero attached hydrogens (tertiary/aromatic N) is 2. The molecule has 0 spiro atoms. The van der Waals surface area contributed by atoms with E-state index >= 15 is 0 Å². The smallest absolute Gasteiger partial charge is 0.335 e. The van der Waals surface area contributed by atoms with Gasteiger partial charge in [-0.25, -0.2) is 14.8 Å². The second kappa shape index (κ2) is 7.20. The number of carboxylic acid groups (broad SMARTS) is 1. The highest BCUT2D eigenvalue weighted by molar-refractivity contribution is 9.11. The van der Waals surface area contributed by atoms with Crippen molar-refractivity contribution in [3.8, 4) is 16.5 Å². The Hall–Kier alpha value is -2.45. The molecule has 0 aliphatic rings. The van der Waals surface area contributed by atoms with Crippen molar-refractivity contribution in [2.45, 2.75) is 6.92 Å². The van der Waals surface area contributed by atoms with Gasteiger partial charge in [-0.3, -0.25) is 0 Å². The van der Waals surface area contributed by atoms with Crippen LogP contribution in [-0.2, 0) is 0 Å². The Balaban J connectivity index is 1.98. The molecule has 1 aromatic carbocycles. The molecule has 2 heterocycles. The first-order chi connectivity index (χ1) is 12.0. The quantitative estimate of drug-likeness (QED) is 0.621. The van der Waals surface area contributed by atoms with Crippen molar-refractivity contribution >= 4 is 44.7 Å². The third-order valence-electron chi connectivity index (χ3n) is 3.43. The van der Waals surface area contributed by atoms with E-state index in [1.54, 1.807) is 30.6 Å². The van der Waals surface area contributed by atoms with E-state index in [1.165, 1.54) is 12.1 Å². The van der Waals surface area contributed by atoms with Crippen LogP contribution >= 0.6 is 27.3 Å². The van der Waals surface area contributed by atoms with Crippen LogP contribution < -0.4 is 10.1 Å². The lowest BCUT2D eigenvalue weighted by Gasteiger charge is -2.13. The van der Waals surface area contributed by atoms with Gasteiger partial charge >= 0.3 is 5.97 Å². The number of aryl methyl sites for hydroxylation is 1. The lowest BCUT2D eigenvalue weighted by Crippen LogP contribution is -2.03. The summed E-state index contributed by atoms with van der Waals surface area (Å²) in [5.74, 6) is 0.700. The van der Waals surface area contributed by atoms with Crippen molar-refractivity contribution in [3.05, 3.63) is 51.4 Å². The zero-order chi connectivity index (χ0) is 18.0. The third-order valence-corrected chi connectivity index (χ3v) is 5.05. The molecule has 0 aliphatic carbocycles. The fraction of sp³-hybridized carbons (Fsp3) is 0.118. The molecule has 6 nitrogen and oxygen atoms in total. The molecule has 3 rings (SSSR count). The van der Waals surface area contributed by atoms with E-state index in [0.29, 0.717) is 28.8 Å². The molecule has 0 amide bonds. The normalized spacial score (nSPS) is 10.5. The van der Waals surface area contributed by atoms with Crippen molar-refractivity contribution in [1.82, 2.24) is 9.97 Å². The van der Waals surface area contributed by atoms with E-state index in [0.717, 1.165) is 8.66 Å². The average molecular weight is 420 g/mol. The molecular weight excluding hydrogens is 406 g/mol. The highest BCUT2D eigenvalue weighted by atomic mass is 79.9. The summed E-state index contributed by atoms with van der Waals surface area (Å²) in [5.41, 5.74) is 1.64. The molecule has 3 aromatic rings. The minimum absolute atomic E-state index is 0.223. The summed E-state index contributed by atoms with van der Waals surface area (Å²) in [5, 5.41) is 12.2. The van der Waals surface area contributed by atoms with Gasteiger partial charge in [-0.05, 0) is 59.3 Å². The number of thiophene rings is 1. The van der Waals surface area contributed by atoms with Crippen molar-refractivity contribution in [2.75, 3.05) is 12.4 Å². The summed E-state index contributed by atoms with van der Waals surface area (Å²) < 4.78 is 6.42. The highest BCUT2D eigenvalue weighted by Gasteiger charge is 2.15. The second-order valence-corrected chi connectivity index (χ2v) is 7.59. The second-order valence-electron chi connectivity index (χ2n) is 5.13. The Morgan fingerprint density at radius 1 is 1.20 bits per heavy atom. The lowest BCUT2D eigenvalue weighted by molar-refractivity contribution is 0.0697. The van der Waals surface area contributed by atoms with Gasteiger partial charge in [-0.1, -0.05) is 0 Å². The molecule has 0 bridgehead atoms. The van der Waals surface area contributed by atoms with Gasteiger partial charge in [0.05, 0.1) is 27.0 Å². The van der Waals surface area contributed by atoms with Gasteiger partial charge in [0.1, 0.15) is 0 Å². The Labute approximate surface area is 156 Å². The summed E-state index contributed by atoms with van der Waals surface area (Å²) in [4.78, 5) is 21.0. The van der Waals surface area contributed by atoms with Crippen LogP contribution in [0.4, 0.5) is 11.5 Å². The van der Waals surface area contributed by atoms with E-state index in [4.69, 9.17) is 9.84 Å². The van der Waals surface area contributed by atoms with Gasteiger partial charge < -0.3 is 15.2 Å². The summed E-state index contributed by atoms with van der Waals surface area (Å²) in [6.07, 6.45) is 0. The molecule has 8 heteroatoms. The molecule has 0 atom stereocenters. The van der Waals surface area contributed by atoms with Gasteiger partial charge in [0.15, 0.2) is 17.4 Å². The van der Waals surface area contributed by atoms with E-state index in [2.05, 4.69) is 31.2 Å². The number of carbonyl (C=O) groups is 1. The summed E-state index contributed by atoms with van der Waals surface area (Å²) in [6, 6.07) is 10.3. The topological polar surface area (TPSA) is 84.3 Å². The Morgan fingerprint density at radius 2 is 1.92 bits per heavy atom. The van der Waals surface area contributed by atoms with Gasteiger partial charge in [0.2, 0.25) is 0 Å². The van der Waals surface area contributed by atoms with Gasteiger partial charge in [0, 0.05) is 5.69 Å². The van der Waals surface area contributed by atoms with Gasteiger partial charge in [-0.2, -0.15) is 0 Å². The monoisotopic (exact) mass is 419 g/mol. The number of benzene rings is 1. The minimum atomic E-state index is -0.965. The van der Waals surface area contributed by atoms with Crippen molar-refractivity contribution in [3.63, 3.8) is 0 Å². The number of aromatic nitrogens is 2. The van der Waals surface area contributed by atoms with Gasteiger partial charge in [-0.15, -0.1) is 11.3 Å². The van der Waals surface area contributed by atoms with Crippen LogP contribution in [0.2, 0.25) is 0 Å². The first-order valence-electron chi connectivity index (χ1n) is 7.26. The zero-order valence-electron chi connectivity index (χ0n) is 13.4. The fourth-order valence-electron chi connectivity index (χ4n) is 2.27. The number of carboxylic acids is 1.